The first-order chi connectivity index (χ1) is 8.24. The molecule has 1 aromatic rings. The first-order valence-corrected chi connectivity index (χ1v) is 7.16. The molecular formula is C12H18N2O2S. The molecule has 1 saturated carbocycles. The molecule has 1 aromatic heterocycles. The highest BCUT2D eigenvalue weighted by Gasteiger charge is 2.28. The summed E-state index contributed by atoms with van der Waals surface area (Å²) in [5.41, 5.74) is 5.44. The lowest BCUT2D eigenvalue weighted by molar-refractivity contribution is 0.0909. The molecule has 0 aliphatic heterocycles. The summed E-state index contributed by atoms with van der Waals surface area (Å²) < 4.78 is 5.33. The van der Waals surface area contributed by atoms with Gasteiger partial charge in [-0.05, 0) is 31.2 Å². The summed E-state index contributed by atoms with van der Waals surface area (Å²) in [5, 5.41) is 3.57. The fraction of sp³-hybridized carbons (Fsp3) is 0.583. The third-order valence-corrected chi connectivity index (χ3v) is 4.33. The van der Waals surface area contributed by atoms with E-state index in [0.717, 1.165) is 6.42 Å². The maximum absolute atomic E-state index is 11.9. The maximum Gasteiger partial charge on any atom is 0.287 e. The molecule has 0 radical (unpaired) electrons. The lowest BCUT2D eigenvalue weighted by Gasteiger charge is -2.18. The molecule has 2 rings (SSSR count). The van der Waals surface area contributed by atoms with Crippen molar-refractivity contribution in [3.8, 4) is 0 Å². The van der Waals surface area contributed by atoms with Gasteiger partial charge in [0.05, 0.1) is 6.54 Å². The van der Waals surface area contributed by atoms with Crippen molar-refractivity contribution < 1.29 is 9.21 Å². The summed E-state index contributed by atoms with van der Waals surface area (Å²) in [7, 11) is 0. The smallest absolute Gasteiger partial charge is 0.287 e. The summed E-state index contributed by atoms with van der Waals surface area (Å²) in [6, 6.07) is 3.69. The van der Waals surface area contributed by atoms with E-state index in [9.17, 15) is 4.79 Å². The molecule has 0 saturated heterocycles. The zero-order valence-corrected chi connectivity index (χ0v) is 10.8. The normalized spacial score (nSPS) is 23.9. The Morgan fingerprint density at radius 1 is 1.59 bits per heavy atom. The predicted octanol–water partition coefficient (Wildman–Crippen LogP) is 1.75. The van der Waals surface area contributed by atoms with Crippen molar-refractivity contribution in [3.63, 3.8) is 0 Å². The van der Waals surface area contributed by atoms with Crippen molar-refractivity contribution in [2.24, 2.45) is 5.73 Å². The van der Waals surface area contributed by atoms with Gasteiger partial charge in [0.25, 0.3) is 5.91 Å². The van der Waals surface area contributed by atoms with Gasteiger partial charge in [-0.3, -0.25) is 4.79 Å². The summed E-state index contributed by atoms with van der Waals surface area (Å²) >= 11 is 1.82. The minimum atomic E-state index is -0.129. The molecule has 0 aromatic carbocycles. The maximum atomic E-state index is 11.9. The zero-order chi connectivity index (χ0) is 12.3. The third kappa shape index (κ3) is 2.84. The molecule has 1 aliphatic carbocycles. The molecule has 1 heterocycles. The molecule has 2 unspecified atom stereocenters. The van der Waals surface area contributed by atoms with E-state index in [1.807, 2.05) is 11.8 Å². The topological polar surface area (TPSA) is 68.3 Å². The molecule has 94 valence electrons. The van der Waals surface area contributed by atoms with E-state index in [1.54, 1.807) is 12.1 Å². The number of nitrogens with two attached hydrogens (primary N) is 1. The molecule has 1 amide bonds. The number of carbonyl (C=O) groups excluding carboxylic acids is 1. The minimum Gasteiger partial charge on any atom is -0.455 e. The van der Waals surface area contributed by atoms with Crippen molar-refractivity contribution >= 4 is 17.7 Å². The van der Waals surface area contributed by atoms with Gasteiger partial charge in [-0.25, -0.2) is 0 Å². The third-order valence-electron chi connectivity index (χ3n) is 3.16. The fourth-order valence-corrected chi connectivity index (χ4v) is 3.16. The average Bonchev–Trinajstić information content (AvgIpc) is 2.96. The number of furan rings is 1. The van der Waals surface area contributed by atoms with E-state index in [2.05, 4.69) is 11.6 Å². The average molecular weight is 254 g/mol. The Balaban J connectivity index is 1.96. The summed E-state index contributed by atoms with van der Waals surface area (Å²) in [4.78, 5) is 11.9. The highest BCUT2D eigenvalue weighted by molar-refractivity contribution is 7.99. The fourth-order valence-electron chi connectivity index (χ4n) is 2.22. The van der Waals surface area contributed by atoms with Gasteiger partial charge in [0.2, 0.25) is 0 Å². The number of hydrogen-bond acceptors (Lipinski definition) is 4. The zero-order valence-electron chi connectivity index (χ0n) is 9.94. The van der Waals surface area contributed by atoms with Crippen molar-refractivity contribution in [1.29, 1.82) is 0 Å². The summed E-state index contributed by atoms with van der Waals surface area (Å²) in [5.74, 6) is 0.871. The van der Waals surface area contributed by atoms with Crippen molar-refractivity contribution in [3.05, 3.63) is 23.7 Å². The van der Waals surface area contributed by atoms with Gasteiger partial charge in [-0.15, -0.1) is 0 Å². The molecule has 3 N–H and O–H groups in total. The van der Waals surface area contributed by atoms with Gasteiger partial charge in [0.1, 0.15) is 5.76 Å². The SMILES string of the molecule is CSC1CCCC1NC(=O)c1ccc(CN)o1. The Morgan fingerprint density at radius 3 is 3.06 bits per heavy atom. The second kappa shape index (κ2) is 5.60. The summed E-state index contributed by atoms with van der Waals surface area (Å²) in [6.07, 6.45) is 5.51. The van der Waals surface area contributed by atoms with Crippen LogP contribution in [0.5, 0.6) is 0 Å². The van der Waals surface area contributed by atoms with Gasteiger partial charge in [0, 0.05) is 11.3 Å². The summed E-state index contributed by atoms with van der Waals surface area (Å²) in [6.45, 7) is 0.324. The van der Waals surface area contributed by atoms with Crippen LogP contribution >= 0.6 is 11.8 Å². The number of rotatable bonds is 4. The highest BCUT2D eigenvalue weighted by atomic mass is 32.2. The van der Waals surface area contributed by atoms with Gasteiger partial charge >= 0.3 is 0 Å². The van der Waals surface area contributed by atoms with Crippen LogP contribution in [0.25, 0.3) is 0 Å². The van der Waals surface area contributed by atoms with Crippen LogP contribution in [0, 0.1) is 0 Å². The van der Waals surface area contributed by atoms with E-state index in [-0.39, 0.29) is 11.9 Å². The van der Waals surface area contributed by atoms with E-state index in [0.29, 0.717) is 23.3 Å². The van der Waals surface area contributed by atoms with Crippen molar-refractivity contribution in [1.82, 2.24) is 5.32 Å². The second-order valence-corrected chi connectivity index (χ2v) is 5.33. The first kappa shape index (κ1) is 12.5. The molecule has 1 fully saturated rings. The lowest BCUT2D eigenvalue weighted by Crippen LogP contribution is -2.38. The molecule has 17 heavy (non-hydrogen) atoms. The molecular weight excluding hydrogens is 236 g/mol. The van der Waals surface area contributed by atoms with Crippen molar-refractivity contribution in [2.45, 2.75) is 37.1 Å². The number of hydrogen-bond donors (Lipinski definition) is 2. The number of nitrogens with one attached hydrogen (secondary N) is 1. The minimum absolute atomic E-state index is 0.129. The van der Waals surface area contributed by atoms with Crippen LogP contribution < -0.4 is 11.1 Å². The largest absolute Gasteiger partial charge is 0.455 e. The van der Waals surface area contributed by atoms with Gasteiger partial charge < -0.3 is 15.5 Å². The molecule has 4 nitrogen and oxygen atoms in total. The first-order valence-electron chi connectivity index (χ1n) is 5.87. The van der Waals surface area contributed by atoms with Gasteiger partial charge in [-0.2, -0.15) is 11.8 Å². The number of carbonyl (C=O) groups is 1. The highest BCUT2D eigenvalue weighted by Crippen LogP contribution is 2.28. The van der Waals surface area contributed by atoms with E-state index < -0.39 is 0 Å². The predicted molar refractivity (Wildman–Crippen MR) is 69.0 cm³/mol. The van der Waals surface area contributed by atoms with Crippen LogP contribution in [0.2, 0.25) is 0 Å². The molecule has 1 aliphatic rings. The quantitative estimate of drug-likeness (QED) is 0.859. The van der Waals surface area contributed by atoms with Crippen LogP contribution in [-0.2, 0) is 6.54 Å². The van der Waals surface area contributed by atoms with Gasteiger partial charge in [-0.1, -0.05) is 6.42 Å². The van der Waals surface area contributed by atoms with Crippen molar-refractivity contribution in [2.75, 3.05) is 6.26 Å². The lowest BCUT2D eigenvalue weighted by atomic mass is 10.2. The Kier molecular flexibility index (Phi) is 4.12. The van der Waals surface area contributed by atoms with Crippen LogP contribution in [0.1, 0.15) is 35.6 Å². The molecule has 5 heteroatoms. The monoisotopic (exact) mass is 254 g/mol. The van der Waals surface area contributed by atoms with Crippen LogP contribution in [0.15, 0.2) is 16.5 Å². The van der Waals surface area contributed by atoms with Crippen LogP contribution in [-0.4, -0.2) is 23.5 Å². The standard InChI is InChI=1S/C12H18N2O2S/c1-17-11-4-2-3-9(11)14-12(15)10-6-5-8(7-13)16-10/h5-6,9,11H,2-4,7,13H2,1H3,(H,14,15). The van der Waals surface area contributed by atoms with E-state index >= 15 is 0 Å². The second-order valence-electron chi connectivity index (χ2n) is 4.26. The molecule has 2 atom stereocenters. The van der Waals surface area contributed by atoms with Crippen LogP contribution in [0.4, 0.5) is 0 Å². The Morgan fingerprint density at radius 2 is 2.41 bits per heavy atom. The molecule has 0 bridgehead atoms. The Labute approximate surface area is 105 Å². The Hall–Kier alpha value is -0.940. The molecule has 0 spiro atoms. The van der Waals surface area contributed by atoms with E-state index in [4.69, 9.17) is 10.2 Å². The van der Waals surface area contributed by atoms with Gasteiger partial charge in [0.15, 0.2) is 5.76 Å². The number of thioether (sulfide) groups is 1. The number of amides is 1. The Bertz CT molecular complexity index is 392. The van der Waals surface area contributed by atoms with E-state index in [1.165, 1.54) is 12.8 Å². The van der Waals surface area contributed by atoms with Crippen LogP contribution in [0.3, 0.4) is 0 Å².